The van der Waals surface area contributed by atoms with Crippen LogP contribution in [0, 0.1) is 17.1 Å². The molecule has 0 bridgehead atoms. The number of nitriles is 1. The largest absolute Gasteiger partial charge is 0.496 e. The molecule has 2 rings (SSSR count). The van der Waals surface area contributed by atoms with Gasteiger partial charge in [-0.05, 0) is 36.4 Å². The molecule has 2 aromatic rings. The van der Waals surface area contributed by atoms with Gasteiger partial charge in [-0.15, -0.1) is 11.8 Å². The maximum atomic E-state index is 13.7. The van der Waals surface area contributed by atoms with Gasteiger partial charge in [0.1, 0.15) is 11.6 Å². The van der Waals surface area contributed by atoms with Crippen LogP contribution >= 0.6 is 11.8 Å². The second-order valence-electron chi connectivity index (χ2n) is 4.12. The topological polar surface area (TPSA) is 59.0 Å². The molecule has 0 unspecified atom stereocenters. The van der Waals surface area contributed by atoms with Crippen LogP contribution in [0.4, 0.5) is 10.1 Å². The Morgan fingerprint density at radius 1 is 1.30 bits per heavy atom. The van der Waals surface area contributed by atoms with Crippen molar-refractivity contribution in [3.8, 4) is 11.8 Å². The summed E-state index contributed by atoms with van der Waals surface area (Å²) in [7, 11) is 1.57. The summed E-state index contributed by atoms with van der Waals surface area (Å²) in [6.07, 6.45) is 0. The van der Waals surface area contributed by atoms with E-state index < -0.39 is 0 Å². The summed E-state index contributed by atoms with van der Waals surface area (Å²) in [4.78, 5) is 0.517. The lowest BCUT2D eigenvalue weighted by Gasteiger charge is -2.09. The van der Waals surface area contributed by atoms with E-state index in [1.165, 1.54) is 17.8 Å². The SMILES string of the molecule is COc1ccc(C#N)cc1CSc1ccc(N)cc1F. The standard InChI is InChI=1S/C15H13FN2OS/c1-19-14-4-2-10(8-17)6-11(14)9-20-15-5-3-12(18)7-13(15)16/h2-7H,9,18H2,1H3. The fraction of sp³-hybridized carbons (Fsp3) is 0.133. The van der Waals surface area contributed by atoms with Crippen molar-refractivity contribution in [2.75, 3.05) is 12.8 Å². The lowest BCUT2D eigenvalue weighted by molar-refractivity contribution is 0.411. The van der Waals surface area contributed by atoms with Gasteiger partial charge in [-0.3, -0.25) is 0 Å². The minimum atomic E-state index is -0.342. The molecule has 2 aromatic carbocycles. The summed E-state index contributed by atoms with van der Waals surface area (Å²) in [6, 6.07) is 11.9. The number of halogens is 1. The zero-order chi connectivity index (χ0) is 14.5. The van der Waals surface area contributed by atoms with Crippen LogP contribution in [0.1, 0.15) is 11.1 Å². The van der Waals surface area contributed by atoms with Crippen molar-refractivity contribution in [1.29, 1.82) is 5.26 Å². The van der Waals surface area contributed by atoms with E-state index in [1.807, 2.05) is 0 Å². The van der Waals surface area contributed by atoms with Crippen LogP contribution in [0.3, 0.4) is 0 Å². The normalized spacial score (nSPS) is 10.1. The van der Waals surface area contributed by atoms with Crippen LogP contribution < -0.4 is 10.5 Å². The molecular formula is C15H13FN2OS. The Kier molecular flexibility index (Phi) is 4.49. The molecule has 0 radical (unpaired) electrons. The monoisotopic (exact) mass is 288 g/mol. The van der Waals surface area contributed by atoms with Gasteiger partial charge in [0.2, 0.25) is 0 Å². The van der Waals surface area contributed by atoms with Crippen LogP contribution in [0.2, 0.25) is 0 Å². The van der Waals surface area contributed by atoms with Crippen LogP contribution in [-0.2, 0) is 5.75 Å². The third-order valence-corrected chi connectivity index (χ3v) is 3.85. The third kappa shape index (κ3) is 3.22. The van der Waals surface area contributed by atoms with Gasteiger partial charge in [0.15, 0.2) is 0 Å². The van der Waals surface area contributed by atoms with Gasteiger partial charge in [-0.1, -0.05) is 0 Å². The molecule has 5 heteroatoms. The van der Waals surface area contributed by atoms with Crippen LogP contribution in [0.5, 0.6) is 5.75 Å². The number of nitrogen functional groups attached to an aromatic ring is 1. The third-order valence-electron chi connectivity index (χ3n) is 2.75. The molecule has 0 aromatic heterocycles. The first-order chi connectivity index (χ1) is 9.63. The summed E-state index contributed by atoms with van der Waals surface area (Å²) >= 11 is 1.34. The highest BCUT2D eigenvalue weighted by Crippen LogP contribution is 2.30. The van der Waals surface area contributed by atoms with Crippen molar-refractivity contribution in [3.05, 3.63) is 53.3 Å². The lowest BCUT2D eigenvalue weighted by Crippen LogP contribution is -1.93. The highest BCUT2D eigenvalue weighted by molar-refractivity contribution is 7.98. The Morgan fingerprint density at radius 3 is 2.75 bits per heavy atom. The van der Waals surface area contributed by atoms with E-state index in [1.54, 1.807) is 37.4 Å². The van der Waals surface area contributed by atoms with Crippen molar-refractivity contribution in [1.82, 2.24) is 0 Å². The molecule has 0 aliphatic rings. The Bertz CT molecular complexity index is 667. The predicted octanol–water partition coefficient (Wildman–Crippen LogP) is 3.58. The van der Waals surface area contributed by atoms with Crippen molar-refractivity contribution < 1.29 is 9.13 Å². The molecule has 0 aliphatic carbocycles. The Balaban J connectivity index is 2.20. The quantitative estimate of drug-likeness (QED) is 0.690. The molecule has 0 saturated heterocycles. The molecule has 0 heterocycles. The number of nitrogens with zero attached hydrogens (tertiary/aromatic N) is 1. The van der Waals surface area contributed by atoms with Gasteiger partial charge in [-0.25, -0.2) is 4.39 Å². The van der Waals surface area contributed by atoms with Crippen LogP contribution in [0.25, 0.3) is 0 Å². The van der Waals surface area contributed by atoms with Crippen molar-refractivity contribution >= 4 is 17.4 Å². The van der Waals surface area contributed by atoms with E-state index in [0.29, 0.717) is 27.6 Å². The summed E-state index contributed by atoms with van der Waals surface area (Å²) in [6.45, 7) is 0. The molecular weight excluding hydrogens is 275 g/mol. The summed E-state index contributed by atoms with van der Waals surface area (Å²) < 4.78 is 18.9. The summed E-state index contributed by atoms with van der Waals surface area (Å²) in [5, 5.41) is 8.91. The molecule has 0 saturated carbocycles. The summed E-state index contributed by atoms with van der Waals surface area (Å²) in [5.41, 5.74) is 7.32. The molecule has 3 nitrogen and oxygen atoms in total. The number of rotatable bonds is 4. The number of thioether (sulfide) groups is 1. The highest BCUT2D eigenvalue weighted by atomic mass is 32.2. The molecule has 0 spiro atoms. The zero-order valence-electron chi connectivity index (χ0n) is 10.9. The Morgan fingerprint density at radius 2 is 2.10 bits per heavy atom. The molecule has 0 atom stereocenters. The van der Waals surface area contributed by atoms with Crippen molar-refractivity contribution in [2.24, 2.45) is 0 Å². The smallest absolute Gasteiger partial charge is 0.138 e. The van der Waals surface area contributed by atoms with Crippen LogP contribution in [-0.4, -0.2) is 7.11 Å². The van der Waals surface area contributed by atoms with E-state index in [4.69, 9.17) is 15.7 Å². The fourth-order valence-electron chi connectivity index (χ4n) is 1.75. The number of nitrogens with two attached hydrogens (primary N) is 1. The molecule has 0 fully saturated rings. The van der Waals surface area contributed by atoms with E-state index in [9.17, 15) is 4.39 Å². The second kappa shape index (κ2) is 6.31. The van der Waals surface area contributed by atoms with E-state index in [2.05, 4.69) is 6.07 Å². The Hall–Kier alpha value is -2.19. The first kappa shape index (κ1) is 14.2. The van der Waals surface area contributed by atoms with Gasteiger partial charge in [0, 0.05) is 21.9 Å². The number of anilines is 1. The minimum Gasteiger partial charge on any atom is -0.496 e. The van der Waals surface area contributed by atoms with E-state index >= 15 is 0 Å². The Labute approximate surface area is 121 Å². The number of hydrogen-bond acceptors (Lipinski definition) is 4. The van der Waals surface area contributed by atoms with Gasteiger partial charge < -0.3 is 10.5 Å². The maximum absolute atomic E-state index is 13.7. The van der Waals surface area contributed by atoms with E-state index in [0.717, 1.165) is 5.56 Å². The molecule has 0 aliphatic heterocycles. The van der Waals surface area contributed by atoms with E-state index in [-0.39, 0.29) is 5.82 Å². The first-order valence-corrected chi connectivity index (χ1v) is 6.87. The number of hydrogen-bond donors (Lipinski definition) is 1. The predicted molar refractivity (Wildman–Crippen MR) is 78.1 cm³/mol. The number of benzene rings is 2. The molecule has 2 N–H and O–H groups in total. The minimum absolute atomic E-state index is 0.342. The average Bonchev–Trinajstić information content (AvgIpc) is 2.46. The van der Waals surface area contributed by atoms with Crippen LogP contribution in [0.15, 0.2) is 41.3 Å². The van der Waals surface area contributed by atoms with Gasteiger partial charge in [0.05, 0.1) is 18.7 Å². The van der Waals surface area contributed by atoms with Gasteiger partial charge in [0.25, 0.3) is 0 Å². The lowest BCUT2D eigenvalue weighted by atomic mass is 10.1. The van der Waals surface area contributed by atoms with Gasteiger partial charge in [-0.2, -0.15) is 5.26 Å². The zero-order valence-corrected chi connectivity index (χ0v) is 11.7. The first-order valence-electron chi connectivity index (χ1n) is 5.89. The average molecular weight is 288 g/mol. The highest BCUT2D eigenvalue weighted by Gasteiger charge is 2.08. The number of methoxy groups -OCH3 is 1. The second-order valence-corrected chi connectivity index (χ2v) is 5.13. The number of ether oxygens (including phenoxy) is 1. The fourth-order valence-corrected chi connectivity index (χ4v) is 2.65. The van der Waals surface area contributed by atoms with Gasteiger partial charge >= 0.3 is 0 Å². The molecule has 20 heavy (non-hydrogen) atoms. The molecule has 0 amide bonds. The van der Waals surface area contributed by atoms with Crippen molar-refractivity contribution in [2.45, 2.75) is 10.6 Å². The maximum Gasteiger partial charge on any atom is 0.138 e. The van der Waals surface area contributed by atoms with Crippen molar-refractivity contribution in [3.63, 3.8) is 0 Å². The summed E-state index contributed by atoms with van der Waals surface area (Å²) in [5.74, 6) is 0.859. The molecule has 102 valence electrons.